The van der Waals surface area contributed by atoms with Crippen LogP contribution in [0.15, 0.2) is 18.2 Å². The first-order valence-corrected chi connectivity index (χ1v) is 6.59. The third-order valence-electron chi connectivity index (χ3n) is 3.10. The van der Waals surface area contributed by atoms with E-state index in [9.17, 15) is 0 Å². The average Bonchev–Trinajstić information content (AvgIpc) is 2.39. The van der Waals surface area contributed by atoms with E-state index in [0.717, 1.165) is 31.7 Å². The average molecular weight is 251 g/mol. The van der Waals surface area contributed by atoms with E-state index in [4.69, 9.17) is 9.47 Å². The number of nitrogens with one attached hydrogen (secondary N) is 1. The molecule has 0 aromatic heterocycles. The number of benzene rings is 1. The Morgan fingerprint density at radius 2 is 2.06 bits per heavy atom. The van der Waals surface area contributed by atoms with Crippen molar-refractivity contribution in [3.8, 4) is 5.75 Å². The highest BCUT2D eigenvalue weighted by molar-refractivity contribution is 5.36. The van der Waals surface area contributed by atoms with Crippen molar-refractivity contribution in [2.75, 3.05) is 27.4 Å². The lowest BCUT2D eigenvalue weighted by Crippen LogP contribution is -2.24. The number of ether oxygens (including phenoxy) is 2. The Hall–Kier alpha value is -1.06. The minimum absolute atomic E-state index is 0.357. The quantitative estimate of drug-likeness (QED) is 0.770. The summed E-state index contributed by atoms with van der Waals surface area (Å²) in [5.41, 5.74) is 2.60. The first kappa shape index (κ1) is 15.0. The Morgan fingerprint density at radius 1 is 1.28 bits per heavy atom. The normalized spacial score (nSPS) is 12.4. The fraction of sp³-hybridized carbons (Fsp3) is 0.600. The molecule has 18 heavy (non-hydrogen) atoms. The molecule has 1 unspecified atom stereocenters. The second-order valence-electron chi connectivity index (χ2n) is 4.51. The highest BCUT2D eigenvalue weighted by Crippen LogP contribution is 2.24. The van der Waals surface area contributed by atoms with Gasteiger partial charge in [0, 0.05) is 19.8 Å². The fourth-order valence-electron chi connectivity index (χ4n) is 2.09. The van der Waals surface area contributed by atoms with Crippen molar-refractivity contribution in [3.63, 3.8) is 0 Å². The first-order valence-electron chi connectivity index (χ1n) is 6.59. The molecule has 1 rings (SSSR count). The van der Waals surface area contributed by atoms with E-state index in [1.54, 1.807) is 14.2 Å². The van der Waals surface area contributed by atoms with Crippen LogP contribution in [-0.2, 0) is 4.74 Å². The van der Waals surface area contributed by atoms with Gasteiger partial charge in [-0.25, -0.2) is 0 Å². The third-order valence-corrected chi connectivity index (χ3v) is 3.10. The number of aryl methyl sites for hydroxylation is 1. The Balaban J connectivity index is 2.82. The summed E-state index contributed by atoms with van der Waals surface area (Å²) in [5.74, 6) is 0.914. The highest BCUT2D eigenvalue weighted by Gasteiger charge is 2.13. The van der Waals surface area contributed by atoms with Gasteiger partial charge in [-0.05, 0) is 49.6 Å². The van der Waals surface area contributed by atoms with Crippen LogP contribution in [0, 0.1) is 6.92 Å². The van der Waals surface area contributed by atoms with Gasteiger partial charge >= 0.3 is 0 Å². The lowest BCUT2D eigenvalue weighted by atomic mass is 9.98. The molecule has 0 aliphatic carbocycles. The molecule has 0 heterocycles. The van der Waals surface area contributed by atoms with Gasteiger partial charge in [0.1, 0.15) is 5.75 Å². The van der Waals surface area contributed by atoms with Gasteiger partial charge in [0.15, 0.2) is 0 Å². The van der Waals surface area contributed by atoms with Gasteiger partial charge < -0.3 is 14.8 Å². The summed E-state index contributed by atoms with van der Waals surface area (Å²) in [5, 5.41) is 3.58. The van der Waals surface area contributed by atoms with Crippen LogP contribution in [0.25, 0.3) is 0 Å². The van der Waals surface area contributed by atoms with Crippen LogP contribution in [0.3, 0.4) is 0 Å². The van der Waals surface area contributed by atoms with Crippen molar-refractivity contribution in [1.29, 1.82) is 0 Å². The van der Waals surface area contributed by atoms with Gasteiger partial charge in [0.2, 0.25) is 0 Å². The molecule has 0 fully saturated rings. The van der Waals surface area contributed by atoms with E-state index < -0.39 is 0 Å². The molecule has 1 aromatic rings. The maximum atomic E-state index is 5.25. The van der Waals surface area contributed by atoms with E-state index >= 15 is 0 Å². The van der Waals surface area contributed by atoms with Crippen LogP contribution in [0.4, 0.5) is 0 Å². The molecule has 102 valence electrons. The summed E-state index contributed by atoms with van der Waals surface area (Å²) in [6, 6.07) is 6.62. The van der Waals surface area contributed by atoms with Crippen molar-refractivity contribution in [1.82, 2.24) is 5.32 Å². The molecule has 1 atom stereocenters. The van der Waals surface area contributed by atoms with Gasteiger partial charge in [-0.3, -0.25) is 0 Å². The third kappa shape index (κ3) is 4.31. The van der Waals surface area contributed by atoms with E-state index in [0.29, 0.717) is 6.04 Å². The van der Waals surface area contributed by atoms with Gasteiger partial charge in [-0.15, -0.1) is 0 Å². The molecule has 0 saturated carbocycles. The Bertz CT molecular complexity index is 344. The van der Waals surface area contributed by atoms with E-state index in [-0.39, 0.29) is 0 Å². The summed E-state index contributed by atoms with van der Waals surface area (Å²) < 4.78 is 10.4. The maximum absolute atomic E-state index is 5.25. The van der Waals surface area contributed by atoms with E-state index in [1.165, 1.54) is 11.1 Å². The molecule has 0 radical (unpaired) electrons. The zero-order valence-electron chi connectivity index (χ0n) is 12.0. The molecule has 0 amide bonds. The van der Waals surface area contributed by atoms with Crippen LogP contribution in [0.2, 0.25) is 0 Å². The largest absolute Gasteiger partial charge is 0.497 e. The van der Waals surface area contributed by atoms with Crippen LogP contribution >= 0.6 is 0 Å². The molecule has 0 aliphatic heterocycles. The van der Waals surface area contributed by atoms with Crippen LogP contribution in [-0.4, -0.2) is 27.4 Å². The minimum Gasteiger partial charge on any atom is -0.497 e. The smallest absolute Gasteiger partial charge is 0.119 e. The summed E-state index contributed by atoms with van der Waals surface area (Å²) in [6.07, 6.45) is 2.13. The second-order valence-corrected chi connectivity index (χ2v) is 4.51. The predicted molar refractivity (Wildman–Crippen MR) is 75.3 cm³/mol. The maximum Gasteiger partial charge on any atom is 0.119 e. The van der Waals surface area contributed by atoms with Crippen molar-refractivity contribution >= 4 is 0 Å². The molecule has 3 heteroatoms. The molecular weight excluding hydrogens is 226 g/mol. The lowest BCUT2D eigenvalue weighted by molar-refractivity contribution is 0.183. The zero-order chi connectivity index (χ0) is 13.4. The topological polar surface area (TPSA) is 30.5 Å². The van der Waals surface area contributed by atoms with Crippen LogP contribution in [0.5, 0.6) is 5.75 Å². The minimum atomic E-state index is 0.357. The molecule has 0 bridgehead atoms. The van der Waals surface area contributed by atoms with Gasteiger partial charge in [0.25, 0.3) is 0 Å². The summed E-state index contributed by atoms with van der Waals surface area (Å²) in [6.45, 7) is 6.11. The monoisotopic (exact) mass is 251 g/mol. The summed E-state index contributed by atoms with van der Waals surface area (Å²) in [4.78, 5) is 0. The first-order chi connectivity index (χ1) is 8.72. The Kier molecular flexibility index (Phi) is 6.76. The van der Waals surface area contributed by atoms with Crippen molar-refractivity contribution in [2.24, 2.45) is 0 Å². The summed E-state index contributed by atoms with van der Waals surface area (Å²) >= 11 is 0. The van der Waals surface area contributed by atoms with Gasteiger partial charge in [-0.2, -0.15) is 0 Å². The molecule has 1 aromatic carbocycles. The predicted octanol–water partition coefficient (Wildman–Crippen LogP) is 3.08. The van der Waals surface area contributed by atoms with Gasteiger partial charge in [0.05, 0.1) is 7.11 Å². The van der Waals surface area contributed by atoms with Crippen molar-refractivity contribution in [3.05, 3.63) is 29.3 Å². The van der Waals surface area contributed by atoms with Crippen molar-refractivity contribution in [2.45, 2.75) is 32.7 Å². The number of methoxy groups -OCH3 is 2. The Labute approximate surface area is 110 Å². The second kappa shape index (κ2) is 8.11. The molecule has 0 spiro atoms. The molecule has 0 saturated heterocycles. The van der Waals surface area contributed by atoms with Crippen LogP contribution in [0.1, 0.15) is 36.9 Å². The SMILES string of the molecule is CCCNC(CCOC)c1ccc(OC)cc1C. The number of hydrogen-bond acceptors (Lipinski definition) is 3. The Morgan fingerprint density at radius 3 is 2.61 bits per heavy atom. The standard InChI is InChI=1S/C15H25NO2/c1-5-9-16-15(8-10-17-3)14-7-6-13(18-4)11-12(14)2/h6-7,11,15-16H,5,8-10H2,1-4H3. The fourth-order valence-corrected chi connectivity index (χ4v) is 2.09. The van der Waals surface area contributed by atoms with E-state index in [2.05, 4.69) is 31.3 Å². The highest BCUT2D eigenvalue weighted by atomic mass is 16.5. The molecule has 1 N–H and O–H groups in total. The molecule has 0 aliphatic rings. The summed E-state index contributed by atoms with van der Waals surface area (Å²) in [7, 11) is 3.45. The number of hydrogen-bond donors (Lipinski definition) is 1. The van der Waals surface area contributed by atoms with E-state index in [1.807, 2.05) is 6.07 Å². The van der Waals surface area contributed by atoms with Gasteiger partial charge in [-0.1, -0.05) is 13.0 Å². The van der Waals surface area contributed by atoms with Crippen LogP contribution < -0.4 is 10.1 Å². The van der Waals surface area contributed by atoms with Crippen molar-refractivity contribution < 1.29 is 9.47 Å². The number of rotatable bonds is 8. The molecule has 3 nitrogen and oxygen atoms in total. The lowest BCUT2D eigenvalue weighted by Gasteiger charge is -2.21. The zero-order valence-corrected chi connectivity index (χ0v) is 12.0. The molecular formula is C15H25NO2.